The molecule has 0 spiro atoms. The number of benzene rings is 3. The number of piperidine rings is 1. The zero-order chi connectivity index (χ0) is 28.7. The molecule has 3 aromatic carbocycles. The molecule has 5 rings (SSSR count). The van der Waals surface area contributed by atoms with Crippen LogP contribution in [0.3, 0.4) is 0 Å². The number of aromatic nitrogens is 1. The molecule has 0 unspecified atom stereocenters. The normalized spacial score (nSPS) is 14.4. The lowest BCUT2D eigenvalue weighted by Gasteiger charge is -2.37. The number of hydrogen-bond donors (Lipinski definition) is 4. The van der Waals surface area contributed by atoms with Gasteiger partial charge in [0.05, 0.1) is 18.5 Å². The molecule has 1 aliphatic heterocycles. The van der Waals surface area contributed by atoms with Gasteiger partial charge in [0.25, 0.3) is 0 Å². The first-order valence-electron chi connectivity index (χ1n) is 14.0. The summed E-state index contributed by atoms with van der Waals surface area (Å²) in [7, 11) is 0. The van der Waals surface area contributed by atoms with Gasteiger partial charge in [0.1, 0.15) is 11.3 Å². The Morgan fingerprint density at radius 3 is 2.37 bits per heavy atom. The van der Waals surface area contributed by atoms with Crippen molar-refractivity contribution in [3.05, 3.63) is 89.8 Å². The highest BCUT2D eigenvalue weighted by Crippen LogP contribution is 2.23. The smallest absolute Gasteiger partial charge is 0.245 e. The molecule has 1 fully saturated rings. The van der Waals surface area contributed by atoms with Crippen LogP contribution in [0.15, 0.2) is 77.2 Å². The molecule has 9 nitrogen and oxygen atoms in total. The van der Waals surface area contributed by atoms with E-state index in [1.807, 2.05) is 72.8 Å². The highest BCUT2D eigenvalue weighted by atomic mass is 16.4. The molecule has 0 radical (unpaired) electrons. The third-order valence-electron chi connectivity index (χ3n) is 7.48. The Labute approximate surface area is 239 Å². The summed E-state index contributed by atoms with van der Waals surface area (Å²) in [6, 6.07) is 23.4. The van der Waals surface area contributed by atoms with E-state index >= 15 is 0 Å². The Morgan fingerprint density at radius 1 is 0.854 bits per heavy atom. The third-order valence-corrected chi connectivity index (χ3v) is 7.48. The van der Waals surface area contributed by atoms with E-state index in [4.69, 9.17) is 4.42 Å². The fourth-order valence-electron chi connectivity index (χ4n) is 5.25. The van der Waals surface area contributed by atoms with Crippen molar-refractivity contribution in [2.45, 2.75) is 38.1 Å². The fraction of sp³-hybridized carbons (Fsp3) is 0.312. The molecule has 0 bridgehead atoms. The zero-order valence-corrected chi connectivity index (χ0v) is 23.2. The molecule has 4 N–H and O–H groups in total. The van der Waals surface area contributed by atoms with E-state index in [2.05, 4.69) is 26.3 Å². The monoisotopic (exact) mass is 553 g/mol. The van der Waals surface area contributed by atoms with E-state index in [1.165, 1.54) is 0 Å². The van der Waals surface area contributed by atoms with Crippen LogP contribution in [0.5, 0.6) is 0 Å². The number of hydrogen-bond acceptors (Lipinski definition) is 6. The fourth-order valence-corrected chi connectivity index (χ4v) is 5.25. The van der Waals surface area contributed by atoms with Crippen LogP contribution in [0.25, 0.3) is 22.2 Å². The minimum absolute atomic E-state index is 0.00878. The molecular weight excluding hydrogens is 518 g/mol. The average Bonchev–Trinajstić information content (AvgIpc) is 3.35. The second kappa shape index (κ2) is 12.8. The largest absolute Gasteiger partial charge is 0.441 e. The molecule has 0 atom stereocenters. The average molecular weight is 554 g/mol. The van der Waals surface area contributed by atoms with Gasteiger partial charge in [0.2, 0.25) is 23.6 Å². The first kappa shape index (κ1) is 28.0. The topological polar surface area (TPSA) is 125 Å². The number of nitrogens with one attached hydrogen (secondary N) is 4. The molecule has 2 heterocycles. The predicted octanol–water partition coefficient (Wildman–Crippen LogP) is 3.06. The Bertz CT molecular complexity index is 1520. The van der Waals surface area contributed by atoms with Crippen molar-refractivity contribution in [1.82, 2.24) is 26.3 Å². The van der Waals surface area contributed by atoms with E-state index in [0.29, 0.717) is 43.3 Å². The van der Waals surface area contributed by atoms with Gasteiger partial charge >= 0.3 is 0 Å². The number of nitrogens with zero attached hydrogens (tertiary/aromatic N) is 1. The number of fused-ring (bicyclic) bond motifs is 1. The number of carbonyl (C=O) groups excluding carboxylic acids is 3. The van der Waals surface area contributed by atoms with Gasteiger partial charge in [-0.3, -0.25) is 14.4 Å². The Balaban J connectivity index is 1.14. The van der Waals surface area contributed by atoms with Crippen molar-refractivity contribution >= 4 is 28.5 Å². The summed E-state index contributed by atoms with van der Waals surface area (Å²) in [5.74, 6) is 0.377. The molecule has 0 aliphatic carbocycles. The maximum Gasteiger partial charge on any atom is 0.245 e. The SMILES string of the molecule is Cc1oc(-c2ccccc2)nc1CC(=O)NC1(C(=O)NCCNC(=O)Cc2cccc3ccccc23)CCNCC1. The van der Waals surface area contributed by atoms with Gasteiger partial charge in [-0.1, -0.05) is 60.7 Å². The van der Waals surface area contributed by atoms with E-state index in [-0.39, 0.29) is 43.7 Å². The van der Waals surface area contributed by atoms with Crippen LogP contribution in [0.4, 0.5) is 0 Å². The summed E-state index contributed by atoms with van der Waals surface area (Å²) in [6.45, 7) is 3.54. The molecule has 212 valence electrons. The van der Waals surface area contributed by atoms with Gasteiger partial charge in [-0.2, -0.15) is 0 Å². The quantitative estimate of drug-likeness (QED) is 0.224. The van der Waals surface area contributed by atoms with Crippen molar-refractivity contribution in [2.24, 2.45) is 0 Å². The molecule has 9 heteroatoms. The number of carbonyl (C=O) groups is 3. The predicted molar refractivity (Wildman–Crippen MR) is 157 cm³/mol. The van der Waals surface area contributed by atoms with Crippen molar-refractivity contribution < 1.29 is 18.8 Å². The standard InChI is InChI=1S/C32H35N5O4/c1-22-27(36-30(41-22)24-9-3-2-4-10-24)21-29(39)37-32(14-16-33-17-15-32)31(40)35-19-18-34-28(38)20-25-12-7-11-23-8-5-6-13-26(23)25/h2-13,33H,14-21H2,1H3,(H,34,38)(H,35,40)(H,37,39). The highest BCUT2D eigenvalue weighted by Gasteiger charge is 2.40. The summed E-state index contributed by atoms with van der Waals surface area (Å²) in [5, 5.41) is 14.2. The van der Waals surface area contributed by atoms with Gasteiger partial charge in [0, 0.05) is 18.7 Å². The van der Waals surface area contributed by atoms with Crippen LogP contribution in [-0.4, -0.2) is 54.4 Å². The summed E-state index contributed by atoms with van der Waals surface area (Å²) in [4.78, 5) is 43.6. The minimum atomic E-state index is -1.03. The Kier molecular flexibility index (Phi) is 8.74. The van der Waals surface area contributed by atoms with Gasteiger partial charge < -0.3 is 25.7 Å². The number of aryl methyl sites for hydroxylation is 1. The second-order valence-corrected chi connectivity index (χ2v) is 10.4. The third kappa shape index (κ3) is 6.81. The summed E-state index contributed by atoms with van der Waals surface area (Å²) in [5.41, 5.74) is 1.30. The minimum Gasteiger partial charge on any atom is -0.441 e. The van der Waals surface area contributed by atoms with Gasteiger partial charge in [-0.15, -0.1) is 0 Å². The molecule has 1 aliphatic rings. The van der Waals surface area contributed by atoms with Crippen LogP contribution in [-0.2, 0) is 27.2 Å². The first-order chi connectivity index (χ1) is 19.9. The summed E-state index contributed by atoms with van der Waals surface area (Å²) < 4.78 is 5.79. The maximum absolute atomic E-state index is 13.3. The van der Waals surface area contributed by atoms with Gasteiger partial charge in [-0.05, 0) is 61.3 Å². The Morgan fingerprint density at radius 2 is 1.56 bits per heavy atom. The summed E-state index contributed by atoms with van der Waals surface area (Å²) >= 11 is 0. The Hall–Kier alpha value is -4.50. The zero-order valence-electron chi connectivity index (χ0n) is 23.2. The molecule has 1 saturated heterocycles. The second-order valence-electron chi connectivity index (χ2n) is 10.4. The molecule has 41 heavy (non-hydrogen) atoms. The van der Waals surface area contributed by atoms with Crippen LogP contribution < -0.4 is 21.3 Å². The van der Waals surface area contributed by atoms with Crippen LogP contribution in [0.1, 0.15) is 29.9 Å². The lowest BCUT2D eigenvalue weighted by molar-refractivity contribution is -0.134. The van der Waals surface area contributed by atoms with Crippen molar-refractivity contribution in [1.29, 1.82) is 0 Å². The highest BCUT2D eigenvalue weighted by molar-refractivity contribution is 5.92. The van der Waals surface area contributed by atoms with Crippen molar-refractivity contribution in [2.75, 3.05) is 26.2 Å². The van der Waals surface area contributed by atoms with Gasteiger partial charge in [-0.25, -0.2) is 4.98 Å². The van der Waals surface area contributed by atoms with E-state index < -0.39 is 5.54 Å². The van der Waals surface area contributed by atoms with Crippen LogP contribution >= 0.6 is 0 Å². The number of amides is 3. The number of rotatable bonds is 10. The molecule has 1 aromatic heterocycles. The molecule has 4 aromatic rings. The molecule has 3 amide bonds. The van der Waals surface area contributed by atoms with E-state index in [9.17, 15) is 14.4 Å². The molecular formula is C32H35N5O4. The summed E-state index contributed by atoms with van der Waals surface area (Å²) in [6.07, 6.45) is 1.19. The van der Waals surface area contributed by atoms with Crippen molar-refractivity contribution in [3.63, 3.8) is 0 Å². The molecule has 0 saturated carbocycles. The van der Waals surface area contributed by atoms with E-state index in [1.54, 1.807) is 6.92 Å². The number of oxazole rings is 1. The van der Waals surface area contributed by atoms with E-state index in [0.717, 1.165) is 21.9 Å². The lowest BCUT2D eigenvalue weighted by Crippen LogP contribution is -2.63. The van der Waals surface area contributed by atoms with Crippen LogP contribution in [0.2, 0.25) is 0 Å². The van der Waals surface area contributed by atoms with Gasteiger partial charge in [0.15, 0.2) is 0 Å². The maximum atomic E-state index is 13.3. The van der Waals surface area contributed by atoms with Crippen molar-refractivity contribution in [3.8, 4) is 11.5 Å². The lowest BCUT2D eigenvalue weighted by atomic mass is 9.87. The first-order valence-corrected chi connectivity index (χ1v) is 14.0. The van der Waals surface area contributed by atoms with Crippen LogP contribution in [0, 0.1) is 6.92 Å².